The molecule has 0 atom stereocenters. The lowest BCUT2D eigenvalue weighted by Gasteiger charge is -2.02. The lowest BCUT2D eigenvalue weighted by molar-refractivity contribution is -0.111. The van der Waals surface area contributed by atoms with Gasteiger partial charge in [0.2, 0.25) is 5.91 Å². The van der Waals surface area contributed by atoms with E-state index in [0.29, 0.717) is 11.4 Å². The molecule has 0 aliphatic heterocycles. The Morgan fingerprint density at radius 1 is 1.26 bits per heavy atom. The maximum absolute atomic E-state index is 11.7. The summed E-state index contributed by atoms with van der Waals surface area (Å²) in [6.45, 7) is 1.92. The zero-order valence-electron chi connectivity index (χ0n) is 10.6. The summed E-state index contributed by atoms with van der Waals surface area (Å²) in [5.74, 6) is -0.191. The molecule has 0 aliphatic rings. The van der Waals surface area contributed by atoms with Crippen molar-refractivity contribution in [2.45, 2.75) is 6.92 Å². The van der Waals surface area contributed by atoms with E-state index in [9.17, 15) is 4.79 Å². The second kappa shape index (κ2) is 5.82. The normalized spacial score (nSPS) is 10.6. The number of hydrogen-bond donors (Lipinski definition) is 2. The van der Waals surface area contributed by atoms with Gasteiger partial charge in [-0.05, 0) is 42.3 Å². The summed E-state index contributed by atoms with van der Waals surface area (Å²) in [4.78, 5) is 15.7. The van der Waals surface area contributed by atoms with Crippen LogP contribution in [0.15, 0.2) is 48.8 Å². The molecule has 4 heteroatoms. The van der Waals surface area contributed by atoms with E-state index in [2.05, 4.69) is 10.3 Å². The lowest BCUT2D eigenvalue weighted by Crippen LogP contribution is -2.08. The predicted octanol–water partition coefficient (Wildman–Crippen LogP) is 2.62. The lowest BCUT2D eigenvalue weighted by atomic mass is 10.2. The van der Waals surface area contributed by atoms with Crippen LogP contribution in [0.1, 0.15) is 11.1 Å². The molecule has 0 spiro atoms. The third kappa shape index (κ3) is 3.96. The molecule has 0 bridgehead atoms. The number of hydrogen-bond acceptors (Lipinski definition) is 3. The summed E-state index contributed by atoms with van der Waals surface area (Å²) < 4.78 is 0. The van der Waals surface area contributed by atoms with E-state index in [1.165, 1.54) is 6.08 Å². The standard InChI is InChI=1S/C15H15N3O/c1-11-8-14(10-17-9-11)18-15(19)7-4-12-2-5-13(16)6-3-12/h2-10H,16H2,1H3,(H,18,19)/b7-4+. The summed E-state index contributed by atoms with van der Waals surface area (Å²) in [5, 5.41) is 2.75. The van der Waals surface area contributed by atoms with Crippen LogP contribution in [0.3, 0.4) is 0 Å². The third-order valence-electron chi connectivity index (χ3n) is 2.51. The van der Waals surface area contributed by atoms with Gasteiger partial charge in [-0.15, -0.1) is 0 Å². The number of nitrogen functional groups attached to an aromatic ring is 1. The van der Waals surface area contributed by atoms with Crippen LogP contribution < -0.4 is 11.1 Å². The van der Waals surface area contributed by atoms with Gasteiger partial charge >= 0.3 is 0 Å². The van der Waals surface area contributed by atoms with Gasteiger partial charge in [-0.2, -0.15) is 0 Å². The van der Waals surface area contributed by atoms with Gasteiger partial charge in [0.25, 0.3) is 0 Å². The van der Waals surface area contributed by atoms with Crippen molar-refractivity contribution < 1.29 is 4.79 Å². The van der Waals surface area contributed by atoms with E-state index >= 15 is 0 Å². The molecule has 4 nitrogen and oxygen atoms in total. The SMILES string of the molecule is Cc1cncc(NC(=O)/C=C/c2ccc(N)cc2)c1. The average molecular weight is 253 g/mol. The van der Waals surface area contributed by atoms with Crippen LogP contribution in [-0.2, 0) is 4.79 Å². The summed E-state index contributed by atoms with van der Waals surface area (Å²) in [6, 6.07) is 9.16. The van der Waals surface area contributed by atoms with Gasteiger partial charge < -0.3 is 11.1 Å². The van der Waals surface area contributed by atoms with E-state index < -0.39 is 0 Å². The van der Waals surface area contributed by atoms with Crippen molar-refractivity contribution in [1.82, 2.24) is 4.98 Å². The number of carbonyl (C=O) groups excluding carboxylic acids is 1. The number of nitrogens with one attached hydrogen (secondary N) is 1. The van der Waals surface area contributed by atoms with E-state index in [1.807, 2.05) is 25.1 Å². The van der Waals surface area contributed by atoms with E-state index in [0.717, 1.165) is 11.1 Å². The highest BCUT2D eigenvalue weighted by atomic mass is 16.1. The number of rotatable bonds is 3. The number of aryl methyl sites for hydroxylation is 1. The fourth-order valence-corrected chi connectivity index (χ4v) is 1.59. The summed E-state index contributed by atoms with van der Waals surface area (Å²) in [5.41, 5.74) is 8.90. The number of aromatic nitrogens is 1. The average Bonchev–Trinajstić information content (AvgIpc) is 2.38. The summed E-state index contributed by atoms with van der Waals surface area (Å²) in [6.07, 6.45) is 6.56. The second-order valence-electron chi connectivity index (χ2n) is 4.24. The van der Waals surface area contributed by atoms with Crippen molar-refractivity contribution in [3.8, 4) is 0 Å². The zero-order chi connectivity index (χ0) is 13.7. The first-order chi connectivity index (χ1) is 9.13. The third-order valence-corrected chi connectivity index (χ3v) is 2.51. The highest BCUT2D eigenvalue weighted by Crippen LogP contribution is 2.09. The van der Waals surface area contributed by atoms with Crippen LogP contribution in [0.25, 0.3) is 6.08 Å². The van der Waals surface area contributed by atoms with Crippen molar-refractivity contribution in [2.75, 3.05) is 11.1 Å². The highest BCUT2D eigenvalue weighted by molar-refractivity contribution is 6.01. The van der Waals surface area contributed by atoms with Gasteiger partial charge in [0.1, 0.15) is 0 Å². The Labute approximate surface area is 112 Å². The molecule has 0 saturated heterocycles. The predicted molar refractivity (Wildman–Crippen MR) is 77.5 cm³/mol. The van der Waals surface area contributed by atoms with Gasteiger partial charge in [0.05, 0.1) is 11.9 Å². The first-order valence-electron chi connectivity index (χ1n) is 5.90. The van der Waals surface area contributed by atoms with Gasteiger partial charge in [0.15, 0.2) is 0 Å². The van der Waals surface area contributed by atoms with Crippen molar-refractivity contribution in [1.29, 1.82) is 0 Å². The smallest absolute Gasteiger partial charge is 0.248 e. The molecule has 1 heterocycles. The molecular weight excluding hydrogens is 238 g/mol. The Balaban J connectivity index is 1.99. The first-order valence-corrected chi connectivity index (χ1v) is 5.90. The van der Waals surface area contributed by atoms with Crippen LogP contribution in [-0.4, -0.2) is 10.9 Å². The number of benzene rings is 1. The molecule has 0 radical (unpaired) electrons. The van der Waals surface area contributed by atoms with Crippen molar-refractivity contribution in [3.05, 3.63) is 59.9 Å². The minimum absolute atomic E-state index is 0.191. The van der Waals surface area contributed by atoms with Gasteiger partial charge in [-0.1, -0.05) is 12.1 Å². The molecule has 3 N–H and O–H groups in total. The topological polar surface area (TPSA) is 68.0 Å². The maximum Gasteiger partial charge on any atom is 0.248 e. The van der Waals surface area contributed by atoms with Crippen molar-refractivity contribution in [2.24, 2.45) is 0 Å². The molecule has 2 aromatic rings. The van der Waals surface area contributed by atoms with Crippen molar-refractivity contribution in [3.63, 3.8) is 0 Å². The fourth-order valence-electron chi connectivity index (χ4n) is 1.59. The van der Waals surface area contributed by atoms with Gasteiger partial charge in [0, 0.05) is 18.0 Å². The number of nitrogens with zero attached hydrogens (tertiary/aromatic N) is 1. The maximum atomic E-state index is 11.7. The molecule has 19 heavy (non-hydrogen) atoms. The van der Waals surface area contributed by atoms with E-state index in [-0.39, 0.29) is 5.91 Å². The Morgan fingerprint density at radius 3 is 2.68 bits per heavy atom. The quantitative estimate of drug-likeness (QED) is 0.652. The number of pyridine rings is 1. The largest absolute Gasteiger partial charge is 0.399 e. The molecule has 0 aliphatic carbocycles. The molecule has 0 fully saturated rings. The second-order valence-corrected chi connectivity index (χ2v) is 4.24. The number of carbonyl (C=O) groups is 1. The minimum Gasteiger partial charge on any atom is -0.399 e. The van der Waals surface area contributed by atoms with Crippen LogP contribution in [0.5, 0.6) is 0 Å². The van der Waals surface area contributed by atoms with Crippen molar-refractivity contribution >= 4 is 23.4 Å². The van der Waals surface area contributed by atoms with E-state index in [4.69, 9.17) is 5.73 Å². The molecule has 96 valence electrons. The van der Waals surface area contributed by atoms with E-state index in [1.54, 1.807) is 30.6 Å². The molecule has 1 aromatic carbocycles. The molecule has 1 amide bonds. The highest BCUT2D eigenvalue weighted by Gasteiger charge is 1.98. The Morgan fingerprint density at radius 2 is 2.00 bits per heavy atom. The molecule has 1 aromatic heterocycles. The monoisotopic (exact) mass is 253 g/mol. The summed E-state index contributed by atoms with van der Waals surface area (Å²) in [7, 11) is 0. The number of amides is 1. The minimum atomic E-state index is -0.191. The molecule has 0 unspecified atom stereocenters. The van der Waals surface area contributed by atoms with Gasteiger partial charge in [-0.3, -0.25) is 9.78 Å². The zero-order valence-corrected chi connectivity index (χ0v) is 10.6. The van der Waals surface area contributed by atoms with Crippen LogP contribution >= 0.6 is 0 Å². The first kappa shape index (κ1) is 12.8. The van der Waals surface area contributed by atoms with Crippen LogP contribution in [0, 0.1) is 6.92 Å². The summed E-state index contributed by atoms with van der Waals surface area (Å²) >= 11 is 0. The number of anilines is 2. The fraction of sp³-hybridized carbons (Fsp3) is 0.0667. The Hall–Kier alpha value is -2.62. The molecular formula is C15H15N3O. The Bertz CT molecular complexity index is 603. The molecule has 2 rings (SSSR count). The van der Waals surface area contributed by atoms with Gasteiger partial charge in [-0.25, -0.2) is 0 Å². The Kier molecular flexibility index (Phi) is 3.93. The van der Waals surface area contributed by atoms with Crippen LogP contribution in [0.4, 0.5) is 11.4 Å². The number of nitrogens with two attached hydrogens (primary N) is 1. The van der Waals surface area contributed by atoms with Crippen LogP contribution in [0.2, 0.25) is 0 Å². The molecule has 0 saturated carbocycles.